The van der Waals surface area contributed by atoms with Crippen LogP contribution in [0, 0.1) is 0 Å². The second-order valence-corrected chi connectivity index (χ2v) is 4.64. The fourth-order valence-electron chi connectivity index (χ4n) is 2.27. The number of nitrogens with zero attached hydrogens (tertiary/aromatic N) is 1. The molecule has 0 aromatic heterocycles. The molecule has 4 heteroatoms. The van der Waals surface area contributed by atoms with Gasteiger partial charge in [-0.15, -0.1) is 0 Å². The molecular weight excluding hydrogens is 266 g/mol. The minimum Gasteiger partial charge on any atom is -0.464 e. The number of fused-ring (bicyclic) bond motifs is 1. The predicted molar refractivity (Wildman–Crippen MR) is 84.4 cm³/mol. The van der Waals surface area contributed by atoms with Crippen LogP contribution in [0.1, 0.15) is 26.3 Å². The maximum atomic E-state index is 11.8. The molecule has 0 spiro atoms. The smallest absolute Gasteiger partial charge is 0.338 e. The first kappa shape index (κ1) is 15.2. The van der Waals surface area contributed by atoms with E-state index in [9.17, 15) is 4.79 Å². The van der Waals surface area contributed by atoms with Crippen molar-refractivity contribution in [1.82, 2.24) is 0 Å². The fourth-order valence-corrected chi connectivity index (χ4v) is 2.27. The van der Waals surface area contributed by atoms with E-state index in [-0.39, 0.29) is 5.97 Å². The highest BCUT2D eigenvalue weighted by Gasteiger charge is 2.14. The SMILES string of the molecule is CCOC(=O)C1=Cc2ccc(N(CC)CC)cc2OC=C1. The molecule has 2 rings (SSSR count). The van der Waals surface area contributed by atoms with Gasteiger partial charge in [0.1, 0.15) is 5.75 Å². The Kier molecular flexibility index (Phi) is 5.04. The van der Waals surface area contributed by atoms with Crippen LogP contribution in [0.5, 0.6) is 5.75 Å². The number of ether oxygens (including phenoxy) is 2. The van der Waals surface area contributed by atoms with E-state index < -0.39 is 0 Å². The number of benzene rings is 1. The van der Waals surface area contributed by atoms with Crippen molar-refractivity contribution in [2.45, 2.75) is 20.8 Å². The van der Waals surface area contributed by atoms with Crippen molar-refractivity contribution in [1.29, 1.82) is 0 Å². The summed E-state index contributed by atoms with van der Waals surface area (Å²) in [6.45, 7) is 8.27. The number of esters is 1. The Morgan fingerprint density at radius 2 is 2.00 bits per heavy atom. The standard InChI is InChI=1S/C17H21NO3/c1-4-18(5-2)15-8-7-13-11-14(17(19)20-6-3)9-10-21-16(13)12-15/h7-12H,4-6H2,1-3H3. The van der Waals surface area contributed by atoms with Crippen molar-refractivity contribution in [3.63, 3.8) is 0 Å². The van der Waals surface area contributed by atoms with E-state index in [1.54, 1.807) is 19.1 Å². The second kappa shape index (κ2) is 6.97. The van der Waals surface area contributed by atoms with E-state index >= 15 is 0 Å². The Balaban J connectivity index is 2.33. The first-order valence-electron chi connectivity index (χ1n) is 7.30. The molecule has 0 fully saturated rings. The van der Waals surface area contributed by atoms with Gasteiger partial charge in [0.2, 0.25) is 0 Å². The first-order valence-corrected chi connectivity index (χ1v) is 7.30. The molecule has 112 valence electrons. The van der Waals surface area contributed by atoms with Crippen molar-refractivity contribution in [3.05, 3.63) is 41.7 Å². The summed E-state index contributed by atoms with van der Waals surface area (Å²) >= 11 is 0. The van der Waals surface area contributed by atoms with Gasteiger partial charge >= 0.3 is 5.97 Å². The Hall–Kier alpha value is -2.23. The summed E-state index contributed by atoms with van der Waals surface area (Å²) in [4.78, 5) is 14.1. The lowest BCUT2D eigenvalue weighted by atomic mass is 10.1. The van der Waals surface area contributed by atoms with Crippen molar-refractivity contribution in [3.8, 4) is 5.75 Å². The molecule has 1 aromatic carbocycles. The van der Waals surface area contributed by atoms with Crippen LogP contribution in [0.4, 0.5) is 5.69 Å². The van der Waals surface area contributed by atoms with Crippen LogP contribution in [0.3, 0.4) is 0 Å². The Bertz CT molecular complexity index is 571. The topological polar surface area (TPSA) is 38.8 Å². The van der Waals surface area contributed by atoms with Gasteiger partial charge in [-0.1, -0.05) is 0 Å². The summed E-state index contributed by atoms with van der Waals surface area (Å²) in [5.74, 6) is 0.410. The van der Waals surface area contributed by atoms with Gasteiger partial charge in [-0.2, -0.15) is 0 Å². The summed E-state index contributed by atoms with van der Waals surface area (Å²) in [7, 11) is 0. The zero-order valence-corrected chi connectivity index (χ0v) is 12.8. The third kappa shape index (κ3) is 3.45. The van der Waals surface area contributed by atoms with Gasteiger partial charge in [-0.25, -0.2) is 4.79 Å². The van der Waals surface area contributed by atoms with E-state index in [1.165, 1.54) is 6.26 Å². The van der Waals surface area contributed by atoms with Crippen molar-refractivity contribution < 1.29 is 14.3 Å². The molecule has 1 heterocycles. The van der Waals surface area contributed by atoms with E-state index in [0.717, 1.165) is 30.1 Å². The molecule has 21 heavy (non-hydrogen) atoms. The summed E-state index contributed by atoms with van der Waals surface area (Å²) in [5.41, 5.74) is 2.48. The maximum Gasteiger partial charge on any atom is 0.338 e. The maximum absolute atomic E-state index is 11.8. The van der Waals surface area contributed by atoms with Crippen LogP contribution < -0.4 is 9.64 Å². The predicted octanol–water partition coefficient (Wildman–Crippen LogP) is 3.39. The summed E-state index contributed by atoms with van der Waals surface area (Å²) in [6.07, 6.45) is 4.96. The molecule has 1 aliphatic rings. The molecule has 1 aromatic rings. The van der Waals surface area contributed by atoms with Crippen LogP contribution >= 0.6 is 0 Å². The fraction of sp³-hybridized carbons (Fsp3) is 0.353. The lowest BCUT2D eigenvalue weighted by Crippen LogP contribution is -2.21. The minimum absolute atomic E-state index is 0.335. The third-order valence-electron chi connectivity index (χ3n) is 3.39. The quantitative estimate of drug-likeness (QED) is 0.778. The molecule has 1 aliphatic heterocycles. The van der Waals surface area contributed by atoms with Gasteiger partial charge in [0.05, 0.1) is 18.4 Å². The van der Waals surface area contributed by atoms with E-state index in [0.29, 0.717) is 12.2 Å². The number of anilines is 1. The zero-order valence-electron chi connectivity index (χ0n) is 12.8. The lowest BCUT2D eigenvalue weighted by molar-refractivity contribution is -0.138. The third-order valence-corrected chi connectivity index (χ3v) is 3.39. The highest BCUT2D eigenvalue weighted by molar-refractivity contribution is 5.97. The zero-order chi connectivity index (χ0) is 15.2. The summed E-state index contributed by atoms with van der Waals surface area (Å²) in [5, 5.41) is 0. The lowest BCUT2D eigenvalue weighted by Gasteiger charge is -2.21. The highest BCUT2D eigenvalue weighted by atomic mass is 16.5. The van der Waals surface area contributed by atoms with Crippen LogP contribution in [-0.4, -0.2) is 25.7 Å². The molecule has 4 nitrogen and oxygen atoms in total. The van der Waals surface area contributed by atoms with Crippen molar-refractivity contribution in [2.24, 2.45) is 0 Å². The number of carbonyl (C=O) groups is 1. The van der Waals surface area contributed by atoms with Gasteiger partial charge in [-0.3, -0.25) is 0 Å². The highest BCUT2D eigenvalue weighted by Crippen LogP contribution is 2.30. The number of carbonyl (C=O) groups excluding carboxylic acids is 1. The molecule has 0 bridgehead atoms. The van der Waals surface area contributed by atoms with Gasteiger partial charge in [-0.05, 0) is 45.1 Å². The molecule has 0 aliphatic carbocycles. The minimum atomic E-state index is -0.335. The summed E-state index contributed by atoms with van der Waals surface area (Å²) in [6, 6.07) is 6.01. The molecule has 0 atom stereocenters. The van der Waals surface area contributed by atoms with Crippen LogP contribution in [0.15, 0.2) is 36.1 Å². The average Bonchev–Trinajstić information content (AvgIpc) is 2.70. The van der Waals surface area contributed by atoms with Crippen LogP contribution in [0.25, 0.3) is 6.08 Å². The molecule has 0 saturated heterocycles. The van der Waals surface area contributed by atoms with Gasteiger partial charge in [0.15, 0.2) is 0 Å². The Morgan fingerprint density at radius 3 is 2.67 bits per heavy atom. The molecule has 0 saturated carbocycles. The van der Waals surface area contributed by atoms with Gasteiger partial charge < -0.3 is 14.4 Å². The monoisotopic (exact) mass is 287 g/mol. The van der Waals surface area contributed by atoms with E-state index in [1.807, 2.05) is 18.2 Å². The van der Waals surface area contributed by atoms with Gasteiger partial charge in [0.25, 0.3) is 0 Å². The van der Waals surface area contributed by atoms with Crippen molar-refractivity contribution in [2.75, 3.05) is 24.6 Å². The summed E-state index contributed by atoms with van der Waals surface area (Å²) < 4.78 is 10.6. The molecule has 0 radical (unpaired) electrons. The first-order chi connectivity index (χ1) is 10.2. The van der Waals surface area contributed by atoms with Crippen LogP contribution in [-0.2, 0) is 9.53 Å². The second-order valence-electron chi connectivity index (χ2n) is 4.64. The normalized spacial score (nSPS) is 12.8. The van der Waals surface area contributed by atoms with Crippen molar-refractivity contribution >= 4 is 17.7 Å². The Morgan fingerprint density at radius 1 is 1.24 bits per heavy atom. The molecule has 0 unspecified atom stereocenters. The van der Waals surface area contributed by atoms with E-state index in [4.69, 9.17) is 9.47 Å². The largest absolute Gasteiger partial charge is 0.464 e. The number of hydrogen-bond acceptors (Lipinski definition) is 4. The number of hydrogen-bond donors (Lipinski definition) is 0. The molecule has 0 amide bonds. The van der Waals surface area contributed by atoms with Gasteiger partial charge in [0, 0.05) is 30.4 Å². The van der Waals surface area contributed by atoms with E-state index in [2.05, 4.69) is 18.7 Å². The van der Waals surface area contributed by atoms with Crippen LogP contribution in [0.2, 0.25) is 0 Å². The number of rotatable bonds is 5. The Labute approximate surface area is 125 Å². The average molecular weight is 287 g/mol. The molecular formula is C17H21NO3. The molecule has 0 N–H and O–H groups in total.